The maximum Gasteiger partial charge on any atom is 0.0894 e. The van der Waals surface area contributed by atoms with Crippen LogP contribution in [0, 0.1) is 29.6 Å². The van der Waals surface area contributed by atoms with E-state index in [1.54, 1.807) is 31.2 Å². The third-order valence-corrected chi connectivity index (χ3v) is 10.2. The predicted molar refractivity (Wildman–Crippen MR) is 140 cm³/mol. The van der Waals surface area contributed by atoms with Gasteiger partial charge in [-0.15, -0.1) is 0 Å². The molecule has 1 heteroatoms. The highest BCUT2D eigenvalue weighted by Crippen LogP contribution is 2.44. The molecule has 0 unspecified atom stereocenters. The summed E-state index contributed by atoms with van der Waals surface area (Å²) in [4.78, 5) is 0. The number of hydrogen-bond acceptors (Lipinski definition) is 0. The molecule has 0 radical (unpaired) electrons. The molecule has 0 saturated heterocycles. The van der Waals surface area contributed by atoms with Crippen molar-refractivity contribution in [3.8, 4) is 0 Å². The van der Waals surface area contributed by atoms with E-state index in [1.165, 1.54) is 76.2 Å². The normalized spacial score (nSPS) is 33.2. The van der Waals surface area contributed by atoms with E-state index < -0.39 is 0 Å². The molecule has 0 spiro atoms. The van der Waals surface area contributed by atoms with Crippen LogP contribution in [0.15, 0.2) is 24.3 Å². The Labute approximate surface area is 204 Å². The number of unbranched alkanes of at least 4 members (excludes halogenated alkanes) is 1. The first kappa shape index (κ1) is 25.2. The number of benzene rings is 1. The zero-order valence-electron chi connectivity index (χ0n) is 21.6. The van der Waals surface area contributed by atoms with Crippen LogP contribution < -0.4 is 0 Å². The second kappa shape index (κ2) is 13.3. The summed E-state index contributed by atoms with van der Waals surface area (Å²) in [6.07, 6.45) is 25.1. The molecule has 0 atom stereocenters. The molecule has 0 aliphatic heterocycles. The lowest BCUT2D eigenvalue weighted by atomic mass is 9.68. The van der Waals surface area contributed by atoms with Gasteiger partial charge in [0.1, 0.15) is 0 Å². The van der Waals surface area contributed by atoms with E-state index in [1.807, 2.05) is 0 Å². The van der Waals surface area contributed by atoms with Crippen molar-refractivity contribution in [3.05, 3.63) is 35.4 Å². The van der Waals surface area contributed by atoms with E-state index in [9.17, 15) is 4.39 Å². The van der Waals surface area contributed by atoms with Crippen molar-refractivity contribution in [1.82, 2.24) is 0 Å². The van der Waals surface area contributed by atoms with Gasteiger partial charge in [0.25, 0.3) is 0 Å². The first-order valence-electron chi connectivity index (χ1n) is 14.9. The van der Waals surface area contributed by atoms with Crippen molar-refractivity contribution in [2.75, 3.05) is 6.67 Å². The van der Waals surface area contributed by atoms with Crippen LogP contribution in [0.4, 0.5) is 4.39 Å². The Bertz CT molecular complexity index is 640. The van der Waals surface area contributed by atoms with Crippen LogP contribution in [-0.2, 0) is 6.42 Å². The zero-order valence-corrected chi connectivity index (χ0v) is 21.6. The Morgan fingerprint density at radius 3 is 1.67 bits per heavy atom. The lowest BCUT2D eigenvalue weighted by Gasteiger charge is -2.38. The third-order valence-electron chi connectivity index (χ3n) is 10.2. The highest BCUT2D eigenvalue weighted by Gasteiger charge is 2.31. The highest BCUT2D eigenvalue weighted by atomic mass is 19.1. The molecule has 3 saturated carbocycles. The van der Waals surface area contributed by atoms with Crippen LogP contribution in [0.1, 0.15) is 133 Å². The molecule has 0 N–H and O–H groups in total. The Balaban J connectivity index is 1.10. The lowest BCUT2D eigenvalue weighted by Crippen LogP contribution is -2.26. The molecule has 1 aromatic rings. The topological polar surface area (TPSA) is 0 Å². The number of alkyl halides is 1. The van der Waals surface area contributed by atoms with E-state index in [-0.39, 0.29) is 6.67 Å². The summed E-state index contributed by atoms with van der Waals surface area (Å²) < 4.78 is 12.3. The summed E-state index contributed by atoms with van der Waals surface area (Å²) in [6.45, 7) is 2.21. The SMILES string of the molecule is CCC1CCC(C2CCC(CCC3CCC(c4ccc(CCCCF)cc4)CC3)CC2)CC1. The molecule has 3 aliphatic rings. The molecule has 0 amide bonds. The van der Waals surface area contributed by atoms with Gasteiger partial charge in [0.2, 0.25) is 0 Å². The quantitative estimate of drug-likeness (QED) is 0.308. The molecule has 3 fully saturated rings. The Morgan fingerprint density at radius 1 is 0.636 bits per heavy atom. The predicted octanol–water partition coefficient (Wildman–Crippen LogP) is 10.1. The average Bonchev–Trinajstić information content (AvgIpc) is 2.89. The molecule has 33 heavy (non-hydrogen) atoms. The first-order valence-corrected chi connectivity index (χ1v) is 14.9. The van der Waals surface area contributed by atoms with Gasteiger partial charge < -0.3 is 0 Å². The van der Waals surface area contributed by atoms with Gasteiger partial charge in [-0.25, -0.2) is 0 Å². The molecule has 0 aromatic heterocycles. The fourth-order valence-corrected chi connectivity index (χ4v) is 7.65. The molecule has 186 valence electrons. The standard InChI is InChI=1S/C32H51F/c1-2-25-8-16-29(17-9-25)31-20-12-27(13-21-31)6-7-28-14-22-32(23-15-28)30-18-10-26(11-19-30)5-3-4-24-33/h10-11,18-19,25,27-29,31-32H,2-9,12-17,20-24H2,1H3. The average molecular weight is 455 g/mol. The van der Waals surface area contributed by atoms with Crippen LogP contribution in [-0.4, -0.2) is 6.67 Å². The van der Waals surface area contributed by atoms with E-state index in [2.05, 4.69) is 31.2 Å². The lowest BCUT2D eigenvalue weighted by molar-refractivity contribution is 0.138. The molecule has 0 heterocycles. The summed E-state index contributed by atoms with van der Waals surface area (Å²) >= 11 is 0. The minimum Gasteiger partial charge on any atom is -0.251 e. The molecular weight excluding hydrogens is 403 g/mol. The summed E-state index contributed by atoms with van der Waals surface area (Å²) in [5, 5.41) is 0. The summed E-state index contributed by atoms with van der Waals surface area (Å²) in [5.74, 6) is 6.00. The maximum absolute atomic E-state index is 12.3. The van der Waals surface area contributed by atoms with Crippen molar-refractivity contribution in [2.45, 2.75) is 128 Å². The van der Waals surface area contributed by atoms with Crippen LogP contribution in [0.3, 0.4) is 0 Å². The van der Waals surface area contributed by atoms with Crippen molar-refractivity contribution >= 4 is 0 Å². The first-order chi connectivity index (χ1) is 16.2. The number of aryl methyl sites for hydroxylation is 1. The minimum absolute atomic E-state index is 0.178. The number of hydrogen-bond donors (Lipinski definition) is 0. The molecule has 4 rings (SSSR count). The van der Waals surface area contributed by atoms with E-state index >= 15 is 0 Å². The second-order valence-electron chi connectivity index (χ2n) is 12.2. The monoisotopic (exact) mass is 454 g/mol. The molecule has 1 aromatic carbocycles. The number of rotatable bonds is 10. The van der Waals surface area contributed by atoms with E-state index in [4.69, 9.17) is 0 Å². The van der Waals surface area contributed by atoms with Gasteiger partial charge >= 0.3 is 0 Å². The van der Waals surface area contributed by atoms with Crippen molar-refractivity contribution in [1.29, 1.82) is 0 Å². The van der Waals surface area contributed by atoms with Gasteiger partial charge in [-0.1, -0.05) is 76.1 Å². The fraction of sp³-hybridized carbons (Fsp3) is 0.812. The minimum atomic E-state index is -0.178. The van der Waals surface area contributed by atoms with Gasteiger partial charge in [0, 0.05) is 0 Å². The number of halogens is 1. The van der Waals surface area contributed by atoms with Gasteiger partial charge in [-0.05, 0) is 117 Å². The van der Waals surface area contributed by atoms with Crippen LogP contribution in [0.2, 0.25) is 0 Å². The van der Waals surface area contributed by atoms with Gasteiger partial charge in [0.15, 0.2) is 0 Å². The van der Waals surface area contributed by atoms with Crippen molar-refractivity contribution < 1.29 is 4.39 Å². The maximum atomic E-state index is 12.3. The van der Waals surface area contributed by atoms with Crippen LogP contribution in [0.5, 0.6) is 0 Å². The Morgan fingerprint density at radius 2 is 1.15 bits per heavy atom. The molecule has 0 nitrogen and oxygen atoms in total. The zero-order chi connectivity index (χ0) is 22.9. The van der Waals surface area contributed by atoms with Gasteiger partial charge in [-0.3, -0.25) is 4.39 Å². The smallest absolute Gasteiger partial charge is 0.0894 e. The van der Waals surface area contributed by atoms with Crippen molar-refractivity contribution in [3.63, 3.8) is 0 Å². The van der Waals surface area contributed by atoms with Gasteiger partial charge in [0.05, 0.1) is 6.67 Å². The summed E-state index contributed by atoms with van der Waals surface area (Å²) in [7, 11) is 0. The molecule has 0 bridgehead atoms. The van der Waals surface area contributed by atoms with Crippen LogP contribution in [0.25, 0.3) is 0 Å². The second-order valence-corrected chi connectivity index (χ2v) is 12.2. The van der Waals surface area contributed by atoms with E-state index in [0.29, 0.717) is 6.42 Å². The largest absolute Gasteiger partial charge is 0.251 e. The van der Waals surface area contributed by atoms with Gasteiger partial charge in [-0.2, -0.15) is 0 Å². The Hall–Kier alpha value is -0.850. The molecular formula is C32H51F. The van der Waals surface area contributed by atoms with Crippen molar-refractivity contribution in [2.24, 2.45) is 29.6 Å². The highest BCUT2D eigenvalue weighted by molar-refractivity contribution is 5.26. The van der Waals surface area contributed by atoms with E-state index in [0.717, 1.165) is 48.3 Å². The fourth-order valence-electron chi connectivity index (χ4n) is 7.65. The van der Waals surface area contributed by atoms with Crippen LogP contribution >= 0.6 is 0 Å². The Kier molecular flexibility index (Phi) is 10.2. The summed E-state index contributed by atoms with van der Waals surface area (Å²) in [5.41, 5.74) is 2.93. The summed E-state index contributed by atoms with van der Waals surface area (Å²) in [6, 6.07) is 9.32. The third kappa shape index (κ3) is 7.57. The molecule has 3 aliphatic carbocycles.